The van der Waals surface area contributed by atoms with Gasteiger partial charge in [-0.2, -0.15) is 5.26 Å². The Labute approximate surface area is 194 Å². The van der Waals surface area contributed by atoms with Crippen LogP contribution in [-0.2, 0) is 17.8 Å². The first-order valence-electron chi connectivity index (χ1n) is 11.7. The summed E-state index contributed by atoms with van der Waals surface area (Å²) in [6.45, 7) is 4.75. The Bertz CT molecular complexity index is 1040. The van der Waals surface area contributed by atoms with Crippen molar-refractivity contribution in [2.45, 2.75) is 32.2 Å². The van der Waals surface area contributed by atoms with E-state index in [0.717, 1.165) is 57.6 Å². The lowest BCUT2D eigenvalue weighted by atomic mass is 9.96. The number of nitrogens with one attached hydrogen (secondary N) is 1. The molecule has 2 aromatic rings. The maximum absolute atomic E-state index is 14.4. The van der Waals surface area contributed by atoms with Gasteiger partial charge in [0.25, 0.3) is 0 Å². The number of hydrogen-bond donors (Lipinski definition) is 1. The zero-order valence-electron chi connectivity index (χ0n) is 19.1. The van der Waals surface area contributed by atoms with Gasteiger partial charge in [0.1, 0.15) is 11.6 Å². The van der Waals surface area contributed by atoms with Crippen molar-refractivity contribution in [2.24, 2.45) is 5.92 Å². The molecule has 1 fully saturated rings. The van der Waals surface area contributed by atoms with E-state index in [1.165, 1.54) is 17.2 Å². The summed E-state index contributed by atoms with van der Waals surface area (Å²) in [5, 5.41) is 12.0. The Kier molecular flexibility index (Phi) is 7.46. The molecule has 1 N–H and O–H groups in total. The summed E-state index contributed by atoms with van der Waals surface area (Å²) in [5.41, 5.74) is 3.48. The normalized spacial score (nSPS) is 18.3. The van der Waals surface area contributed by atoms with Crippen LogP contribution >= 0.6 is 0 Å². The number of halogens is 1. The first-order chi connectivity index (χ1) is 16.1. The molecule has 1 amide bonds. The van der Waals surface area contributed by atoms with Crippen LogP contribution in [0.3, 0.4) is 0 Å². The Hall–Kier alpha value is -3.11. The fraction of sp³-hybridized carbons (Fsp3) is 0.462. The van der Waals surface area contributed by atoms with Crippen LogP contribution in [0.5, 0.6) is 5.75 Å². The quantitative estimate of drug-likeness (QED) is 0.654. The van der Waals surface area contributed by atoms with Gasteiger partial charge in [0.05, 0.1) is 30.3 Å². The topological polar surface area (TPSA) is 68.6 Å². The van der Waals surface area contributed by atoms with Gasteiger partial charge in [0.15, 0.2) is 0 Å². The summed E-state index contributed by atoms with van der Waals surface area (Å²) in [5.74, 6) is 0.403. The molecule has 2 aliphatic heterocycles. The minimum atomic E-state index is -0.406. The van der Waals surface area contributed by atoms with Crippen molar-refractivity contribution in [3.63, 3.8) is 0 Å². The Morgan fingerprint density at radius 1 is 1.24 bits per heavy atom. The zero-order valence-corrected chi connectivity index (χ0v) is 19.1. The van der Waals surface area contributed by atoms with E-state index in [-0.39, 0.29) is 11.8 Å². The highest BCUT2D eigenvalue weighted by molar-refractivity contribution is 5.79. The smallest absolute Gasteiger partial charge is 0.224 e. The van der Waals surface area contributed by atoms with E-state index in [0.29, 0.717) is 24.3 Å². The maximum atomic E-state index is 14.4. The van der Waals surface area contributed by atoms with Gasteiger partial charge in [0.2, 0.25) is 5.91 Å². The second-order valence-corrected chi connectivity index (χ2v) is 8.87. The Balaban J connectivity index is 1.22. The zero-order chi connectivity index (χ0) is 23.2. The number of hydrogen-bond acceptors (Lipinski definition) is 5. The molecule has 1 saturated heterocycles. The molecule has 0 bridgehead atoms. The van der Waals surface area contributed by atoms with E-state index >= 15 is 0 Å². The lowest BCUT2D eigenvalue weighted by Gasteiger charge is -2.34. The SMILES string of the molecule is COc1ccc2c(c1)CCN(CCCNC(=O)C1CCCN(c3ccc(C#N)cc3F)C1)C2. The van der Waals surface area contributed by atoms with Gasteiger partial charge in [-0.15, -0.1) is 0 Å². The highest BCUT2D eigenvalue weighted by Gasteiger charge is 2.27. The van der Waals surface area contributed by atoms with Crippen molar-refractivity contribution in [3.8, 4) is 11.8 Å². The van der Waals surface area contributed by atoms with Crippen LogP contribution in [0.4, 0.5) is 10.1 Å². The van der Waals surface area contributed by atoms with Crippen molar-refractivity contribution >= 4 is 11.6 Å². The van der Waals surface area contributed by atoms with Crippen LogP contribution < -0.4 is 15.0 Å². The molecule has 1 unspecified atom stereocenters. The number of rotatable bonds is 7. The molecule has 0 aromatic heterocycles. The average Bonchev–Trinajstić information content (AvgIpc) is 2.86. The molecular weight excluding hydrogens is 419 g/mol. The van der Waals surface area contributed by atoms with Gasteiger partial charge in [-0.3, -0.25) is 9.69 Å². The molecule has 33 heavy (non-hydrogen) atoms. The van der Waals surface area contributed by atoms with Crippen molar-refractivity contribution in [1.82, 2.24) is 10.2 Å². The molecule has 0 spiro atoms. The maximum Gasteiger partial charge on any atom is 0.224 e. The van der Waals surface area contributed by atoms with E-state index in [1.54, 1.807) is 19.2 Å². The van der Waals surface area contributed by atoms with Crippen LogP contribution in [-0.4, -0.2) is 50.6 Å². The van der Waals surface area contributed by atoms with E-state index < -0.39 is 5.82 Å². The first-order valence-corrected chi connectivity index (χ1v) is 11.7. The van der Waals surface area contributed by atoms with Gasteiger partial charge in [0, 0.05) is 39.3 Å². The average molecular weight is 451 g/mol. The largest absolute Gasteiger partial charge is 0.497 e. The van der Waals surface area contributed by atoms with E-state index in [1.807, 2.05) is 17.0 Å². The molecule has 0 saturated carbocycles. The standard InChI is InChI=1S/C26H31FN4O2/c1-33-23-7-6-21-17-30(13-9-20(21)15-23)11-3-10-29-26(32)22-4-2-12-31(18-22)25-8-5-19(16-28)14-24(25)27/h5-8,14-15,22H,2-4,9-13,17-18H2,1H3,(H,29,32). The number of nitrogens with zero attached hydrogens (tertiary/aromatic N) is 3. The van der Waals surface area contributed by atoms with Crippen LogP contribution in [0, 0.1) is 23.1 Å². The fourth-order valence-electron chi connectivity index (χ4n) is 4.81. The molecule has 1 atom stereocenters. The molecule has 2 aliphatic rings. The first kappa shape index (κ1) is 23.1. The van der Waals surface area contributed by atoms with Crippen LogP contribution in [0.2, 0.25) is 0 Å². The summed E-state index contributed by atoms with van der Waals surface area (Å²) >= 11 is 0. The van der Waals surface area contributed by atoms with Crippen LogP contribution in [0.15, 0.2) is 36.4 Å². The Morgan fingerprint density at radius 2 is 2.12 bits per heavy atom. The minimum absolute atomic E-state index is 0.0461. The van der Waals surface area contributed by atoms with Crippen molar-refractivity contribution in [1.29, 1.82) is 5.26 Å². The van der Waals surface area contributed by atoms with Gasteiger partial charge in [-0.25, -0.2) is 4.39 Å². The molecule has 4 rings (SSSR count). The third kappa shape index (κ3) is 5.63. The molecule has 0 aliphatic carbocycles. The third-order valence-electron chi connectivity index (χ3n) is 6.66. The predicted octanol–water partition coefficient (Wildman–Crippen LogP) is 3.49. The molecule has 7 heteroatoms. The summed E-state index contributed by atoms with van der Waals surface area (Å²) in [6.07, 6.45) is 3.57. The molecule has 2 heterocycles. The van der Waals surface area contributed by atoms with E-state index in [2.05, 4.69) is 22.3 Å². The number of nitriles is 1. The number of piperidine rings is 1. The van der Waals surface area contributed by atoms with Crippen molar-refractivity contribution in [2.75, 3.05) is 44.7 Å². The molecule has 0 radical (unpaired) electrons. The van der Waals surface area contributed by atoms with Gasteiger partial charge in [-0.1, -0.05) is 6.07 Å². The molecular formula is C26H31FN4O2. The summed E-state index contributed by atoms with van der Waals surface area (Å²) in [7, 11) is 1.70. The highest BCUT2D eigenvalue weighted by atomic mass is 19.1. The Morgan fingerprint density at radius 3 is 2.91 bits per heavy atom. The van der Waals surface area contributed by atoms with Crippen molar-refractivity contribution in [3.05, 3.63) is 58.9 Å². The monoisotopic (exact) mass is 450 g/mol. The van der Waals surface area contributed by atoms with Gasteiger partial charge < -0.3 is 15.0 Å². The number of carbonyl (C=O) groups excluding carboxylic acids is 1. The van der Waals surface area contributed by atoms with E-state index in [9.17, 15) is 9.18 Å². The number of methoxy groups -OCH3 is 1. The summed E-state index contributed by atoms with van der Waals surface area (Å²) in [6, 6.07) is 12.8. The second-order valence-electron chi connectivity index (χ2n) is 8.87. The van der Waals surface area contributed by atoms with Crippen molar-refractivity contribution < 1.29 is 13.9 Å². The fourth-order valence-corrected chi connectivity index (χ4v) is 4.81. The second kappa shape index (κ2) is 10.7. The van der Waals surface area contributed by atoms with E-state index in [4.69, 9.17) is 10.00 Å². The van der Waals surface area contributed by atoms with Crippen LogP contribution in [0.1, 0.15) is 36.0 Å². The number of ether oxygens (including phenoxy) is 1. The lowest BCUT2D eigenvalue weighted by Crippen LogP contribution is -2.44. The predicted molar refractivity (Wildman–Crippen MR) is 126 cm³/mol. The minimum Gasteiger partial charge on any atom is -0.497 e. The third-order valence-corrected chi connectivity index (χ3v) is 6.66. The highest BCUT2D eigenvalue weighted by Crippen LogP contribution is 2.27. The number of fused-ring (bicyclic) bond motifs is 1. The number of carbonyl (C=O) groups is 1. The summed E-state index contributed by atoms with van der Waals surface area (Å²) < 4.78 is 19.7. The van der Waals surface area contributed by atoms with Gasteiger partial charge >= 0.3 is 0 Å². The molecule has 174 valence electrons. The molecule has 2 aromatic carbocycles. The number of amides is 1. The summed E-state index contributed by atoms with van der Waals surface area (Å²) in [4.78, 5) is 17.1. The number of anilines is 1. The van der Waals surface area contributed by atoms with Crippen LogP contribution in [0.25, 0.3) is 0 Å². The number of benzene rings is 2. The van der Waals surface area contributed by atoms with Gasteiger partial charge in [-0.05, 0) is 67.1 Å². The lowest BCUT2D eigenvalue weighted by molar-refractivity contribution is -0.125. The molecule has 6 nitrogen and oxygen atoms in total.